The molecule has 2 aromatic rings. The van der Waals surface area contributed by atoms with Crippen LogP contribution in [0.5, 0.6) is 5.75 Å². The highest BCUT2D eigenvalue weighted by Gasteiger charge is 2.15. The van der Waals surface area contributed by atoms with Gasteiger partial charge < -0.3 is 10.2 Å². The highest BCUT2D eigenvalue weighted by atomic mass is 79.9. The van der Waals surface area contributed by atoms with Crippen molar-refractivity contribution in [3.63, 3.8) is 0 Å². The molecule has 1 aromatic carbocycles. The maximum Gasteiger partial charge on any atom is 0.342 e. The van der Waals surface area contributed by atoms with Gasteiger partial charge in [-0.3, -0.25) is 5.10 Å². The molecular weight excluding hydrogens is 382 g/mol. The van der Waals surface area contributed by atoms with Crippen molar-refractivity contribution in [2.75, 3.05) is 0 Å². The van der Waals surface area contributed by atoms with Crippen molar-refractivity contribution in [1.29, 1.82) is 0 Å². The number of H-pyrrole nitrogens is 1. The van der Waals surface area contributed by atoms with Crippen molar-refractivity contribution in [2.24, 2.45) is 0 Å². The van der Waals surface area contributed by atoms with E-state index in [0.29, 0.717) is 15.3 Å². The van der Waals surface area contributed by atoms with Crippen LogP contribution in [0.1, 0.15) is 11.4 Å². The summed E-state index contributed by atoms with van der Waals surface area (Å²) in [5.41, 5.74) is 0.284. The smallest absolute Gasteiger partial charge is 0.342 e. The van der Waals surface area contributed by atoms with Crippen molar-refractivity contribution in [2.45, 2.75) is 12.1 Å². The lowest BCUT2D eigenvalue weighted by atomic mass is 10.2. The monoisotopic (exact) mass is 389 g/mol. The summed E-state index contributed by atoms with van der Waals surface area (Å²) in [5.74, 6) is -0.668. The molecule has 0 atom stereocenters. The third-order valence-corrected chi connectivity index (χ3v) is 4.03. The van der Waals surface area contributed by atoms with Gasteiger partial charge in [0.05, 0.1) is 4.47 Å². The normalized spacial score (nSPS) is 11.7. The van der Waals surface area contributed by atoms with Crippen LogP contribution < -0.4 is 0 Å². The van der Waals surface area contributed by atoms with Crippen molar-refractivity contribution in [3.8, 4) is 5.75 Å². The number of carboxylic acids is 1. The van der Waals surface area contributed by atoms with E-state index in [4.69, 9.17) is 11.6 Å². The predicted octanol–water partition coefficient (Wildman–Crippen LogP) is 3.45. The zero-order valence-corrected chi connectivity index (χ0v) is 13.8. The second kappa shape index (κ2) is 6.50. The molecule has 0 bridgehead atoms. The number of carbonyl (C=O) groups is 1. The van der Waals surface area contributed by atoms with E-state index in [2.05, 4.69) is 31.1 Å². The van der Waals surface area contributed by atoms with Crippen molar-refractivity contribution < 1.29 is 15.0 Å². The van der Waals surface area contributed by atoms with Crippen LogP contribution in [0, 0.1) is 6.92 Å². The summed E-state index contributed by atoms with van der Waals surface area (Å²) in [4.78, 5) is 15.3. The van der Waals surface area contributed by atoms with Gasteiger partial charge in [-0.15, -0.1) is 5.10 Å². The number of thioether (sulfide) groups is 1. The quantitative estimate of drug-likeness (QED) is 0.546. The van der Waals surface area contributed by atoms with Gasteiger partial charge in [0, 0.05) is 10.6 Å². The molecule has 0 spiro atoms. The van der Waals surface area contributed by atoms with Gasteiger partial charge in [-0.25, -0.2) is 9.78 Å². The molecule has 0 saturated heterocycles. The molecule has 21 heavy (non-hydrogen) atoms. The molecule has 0 aliphatic heterocycles. The minimum Gasteiger partial charge on any atom is -0.506 e. The average Bonchev–Trinajstić information content (AvgIpc) is 2.79. The first-order valence-electron chi connectivity index (χ1n) is 5.56. The topological polar surface area (TPSA) is 99.1 Å². The van der Waals surface area contributed by atoms with Crippen LogP contribution in [0.3, 0.4) is 0 Å². The molecule has 9 heteroatoms. The standard InChI is InChI=1S/C12H9BrClN3O3S/c1-5-15-12(17-16-5)21-9(11(19)20)3-6-2-7(14)4-8(13)10(6)18/h2-4,18H,1H3,(H,19,20)(H,15,16,17)/b9-3-. The summed E-state index contributed by atoms with van der Waals surface area (Å²) >= 11 is 9.91. The molecular formula is C12H9BrClN3O3S. The molecule has 0 radical (unpaired) electrons. The number of phenolic OH excluding ortho intramolecular Hbond substituents is 1. The van der Waals surface area contributed by atoms with Crippen LogP contribution in [-0.2, 0) is 4.79 Å². The van der Waals surface area contributed by atoms with E-state index in [9.17, 15) is 15.0 Å². The largest absolute Gasteiger partial charge is 0.506 e. The first-order valence-corrected chi connectivity index (χ1v) is 7.55. The number of aryl methyl sites for hydroxylation is 1. The maximum atomic E-state index is 11.3. The lowest BCUT2D eigenvalue weighted by Crippen LogP contribution is -1.97. The van der Waals surface area contributed by atoms with E-state index in [1.807, 2.05) is 0 Å². The Kier molecular flexibility index (Phi) is 4.92. The Bertz CT molecular complexity index is 733. The molecule has 2 rings (SSSR count). The van der Waals surface area contributed by atoms with Gasteiger partial charge in [-0.1, -0.05) is 11.6 Å². The number of hydrogen-bond donors (Lipinski definition) is 3. The van der Waals surface area contributed by atoms with Crippen LogP contribution in [0.25, 0.3) is 6.08 Å². The third-order valence-electron chi connectivity index (χ3n) is 2.33. The second-order valence-electron chi connectivity index (χ2n) is 3.94. The van der Waals surface area contributed by atoms with Gasteiger partial charge in [-0.2, -0.15) is 0 Å². The Morgan fingerprint density at radius 3 is 2.81 bits per heavy atom. The van der Waals surface area contributed by atoms with Crippen LogP contribution in [0.15, 0.2) is 26.7 Å². The first-order chi connectivity index (χ1) is 9.86. The van der Waals surface area contributed by atoms with E-state index in [0.717, 1.165) is 11.8 Å². The zero-order chi connectivity index (χ0) is 15.6. The number of phenols is 1. The predicted molar refractivity (Wildman–Crippen MR) is 83.4 cm³/mol. The summed E-state index contributed by atoms with van der Waals surface area (Å²) in [6, 6.07) is 2.98. The number of halogens is 2. The summed E-state index contributed by atoms with van der Waals surface area (Å²) < 4.78 is 0.379. The summed E-state index contributed by atoms with van der Waals surface area (Å²) in [6.07, 6.45) is 1.31. The van der Waals surface area contributed by atoms with E-state index in [-0.39, 0.29) is 21.4 Å². The minimum atomic E-state index is -1.15. The van der Waals surface area contributed by atoms with E-state index >= 15 is 0 Å². The number of carboxylic acid groups (broad SMARTS) is 1. The number of benzene rings is 1. The molecule has 1 heterocycles. The number of aromatic hydroxyl groups is 1. The van der Waals surface area contributed by atoms with Crippen LogP contribution in [0.4, 0.5) is 0 Å². The zero-order valence-electron chi connectivity index (χ0n) is 10.6. The van der Waals surface area contributed by atoms with Crippen LogP contribution in [0.2, 0.25) is 5.02 Å². The Balaban J connectivity index is 2.40. The van der Waals surface area contributed by atoms with Crippen molar-refractivity contribution in [3.05, 3.63) is 37.9 Å². The Morgan fingerprint density at radius 2 is 2.24 bits per heavy atom. The van der Waals surface area contributed by atoms with E-state index in [1.165, 1.54) is 18.2 Å². The van der Waals surface area contributed by atoms with Crippen molar-refractivity contribution >= 4 is 51.3 Å². The fraction of sp³-hybridized carbons (Fsp3) is 0.0833. The van der Waals surface area contributed by atoms with Crippen molar-refractivity contribution in [1.82, 2.24) is 15.2 Å². The fourth-order valence-electron chi connectivity index (χ4n) is 1.44. The number of aliphatic carboxylic acids is 1. The fourth-order valence-corrected chi connectivity index (χ4v) is 3.02. The highest BCUT2D eigenvalue weighted by molar-refractivity contribution is 9.10. The molecule has 0 saturated carbocycles. The summed E-state index contributed by atoms with van der Waals surface area (Å²) in [7, 11) is 0. The van der Waals surface area contributed by atoms with Crippen LogP contribution >= 0.6 is 39.3 Å². The lowest BCUT2D eigenvalue weighted by Gasteiger charge is -2.05. The Hall–Kier alpha value is -1.51. The number of nitrogens with one attached hydrogen (secondary N) is 1. The number of aromatic amines is 1. The van der Waals surface area contributed by atoms with Gasteiger partial charge in [0.2, 0.25) is 5.16 Å². The molecule has 0 fully saturated rings. The number of rotatable bonds is 4. The SMILES string of the molecule is Cc1nc(S/C(=C\c2cc(Cl)cc(Br)c2O)C(=O)O)n[nH]1. The van der Waals surface area contributed by atoms with Gasteiger partial charge in [0.1, 0.15) is 16.5 Å². The molecule has 0 aliphatic carbocycles. The van der Waals surface area contributed by atoms with Crippen LogP contribution in [-0.4, -0.2) is 31.4 Å². The maximum absolute atomic E-state index is 11.3. The highest BCUT2D eigenvalue weighted by Crippen LogP contribution is 2.35. The molecule has 0 unspecified atom stereocenters. The van der Waals surface area contributed by atoms with E-state index < -0.39 is 5.97 Å². The summed E-state index contributed by atoms with van der Waals surface area (Å²) in [6.45, 7) is 1.71. The first kappa shape index (κ1) is 15.9. The van der Waals surface area contributed by atoms with Gasteiger partial charge in [-0.05, 0) is 52.8 Å². The molecule has 0 amide bonds. The molecule has 1 aromatic heterocycles. The second-order valence-corrected chi connectivity index (χ2v) is 6.24. The number of aromatic nitrogens is 3. The molecule has 6 nitrogen and oxygen atoms in total. The Morgan fingerprint density at radius 1 is 1.52 bits per heavy atom. The average molecular weight is 391 g/mol. The molecule has 0 aliphatic rings. The molecule has 110 valence electrons. The number of nitrogens with zero attached hydrogens (tertiary/aromatic N) is 2. The van der Waals surface area contributed by atoms with Gasteiger partial charge in [0.25, 0.3) is 0 Å². The number of hydrogen-bond acceptors (Lipinski definition) is 5. The molecule has 3 N–H and O–H groups in total. The van der Waals surface area contributed by atoms with Gasteiger partial charge >= 0.3 is 5.97 Å². The Labute approximate surface area is 137 Å². The lowest BCUT2D eigenvalue weighted by molar-refractivity contribution is -0.131. The minimum absolute atomic E-state index is 0.0431. The third kappa shape index (κ3) is 3.99. The summed E-state index contributed by atoms with van der Waals surface area (Å²) in [5, 5.41) is 26.3. The van der Waals surface area contributed by atoms with E-state index in [1.54, 1.807) is 6.92 Å². The van der Waals surface area contributed by atoms with Gasteiger partial charge in [0.15, 0.2) is 0 Å².